The molecule has 0 aliphatic heterocycles. The highest BCUT2D eigenvalue weighted by molar-refractivity contribution is 8.13. The Labute approximate surface area is 114 Å². The molecule has 0 aromatic heterocycles. The molecule has 3 nitrogen and oxygen atoms in total. The lowest BCUT2D eigenvalue weighted by Gasteiger charge is -2.13. The third kappa shape index (κ3) is 4.18. The van der Waals surface area contributed by atoms with Gasteiger partial charge in [0.25, 0.3) is 9.05 Å². The highest BCUT2D eigenvalue weighted by Gasteiger charge is 2.16. The average Bonchev–Trinajstić information content (AvgIpc) is 2.20. The molecule has 0 saturated heterocycles. The van der Waals surface area contributed by atoms with Crippen LogP contribution in [0.15, 0.2) is 17.0 Å². The number of halogens is 1. The normalized spacial score (nSPS) is 11.9. The monoisotopic (exact) mass is 290 g/mol. The van der Waals surface area contributed by atoms with Gasteiger partial charge < -0.3 is 4.74 Å². The zero-order chi connectivity index (χ0) is 13.9. The van der Waals surface area contributed by atoms with E-state index in [-0.39, 0.29) is 4.90 Å². The van der Waals surface area contributed by atoms with Crippen LogP contribution < -0.4 is 4.74 Å². The molecule has 102 valence electrons. The molecular formula is C13H19ClO3S. The minimum Gasteiger partial charge on any atom is -0.493 e. The van der Waals surface area contributed by atoms with Crippen molar-refractivity contribution in [2.24, 2.45) is 5.92 Å². The zero-order valence-corrected chi connectivity index (χ0v) is 12.7. The summed E-state index contributed by atoms with van der Waals surface area (Å²) in [5, 5.41) is 0. The van der Waals surface area contributed by atoms with Crippen molar-refractivity contribution in [1.29, 1.82) is 0 Å². The van der Waals surface area contributed by atoms with Gasteiger partial charge in [0.15, 0.2) is 0 Å². The van der Waals surface area contributed by atoms with Crippen molar-refractivity contribution in [2.75, 3.05) is 6.61 Å². The molecule has 0 radical (unpaired) electrons. The number of aryl methyl sites for hydroxylation is 2. The lowest BCUT2D eigenvalue weighted by molar-refractivity contribution is 0.287. The topological polar surface area (TPSA) is 43.4 Å². The molecular weight excluding hydrogens is 272 g/mol. The zero-order valence-electron chi connectivity index (χ0n) is 11.2. The summed E-state index contributed by atoms with van der Waals surface area (Å²) in [7, 11) is 1.68. The van der Waals surface area contributed by atoms with Gasteiger partial charge in [-0.25, -0.2) is 8.42 Å². The summed E-state index contributed by atoms with van der Waals surface area (Å²) in [6.07, 6.45) is 0.966. The van der Waals surface area contributed by atoms with Gasteiger partial charge in [0.05, 0.1) is 11.5 Å². The summed E-state index contributed by atoms with van der Waals surface area (Å²) in [6.45, 7) is 8.42. The van der Waals surface area contributed by atoms with Crippen LogP contribution in [0.3, 0.4) is 0 Å². The van der Waals surface area contributed by atoms with E-state index in [0.717, 1.165) is 17.7 Å². The van der Waals surface area contributed by atoms with Crippen LogP contribution in [0.2, 0.25) is 0 Å². The second-order valence-corrected chi connectivity index (χ2v) is 7.39. The molecule has 18 heavy (non-hydrogen) atoms. The van der Waals surface area contributed by atoms with Crippen LogP contribution in [0.5, 0.6) is 5.75 Å². The van der Waals surface area contributed by atoms with Gasteiger partial charge in [0, 0.05) is 10.7 Å². The van der Waals surface area contributed by atoms with Crippen LogP contribution in [-0.4, -0.2) is 15.0 Å². The third-order valence-electron chi connectivity index (χ3n) is 2.69. The standard InChI is InChI=1S/C13H19ClO3S/c1-9(2)5-6-17-12-7-11(4)13(8-10(12)3)18(14,15)16/h7-9H,5-6H2,1-4H3. The molecule has 0 N–H and O–H groups in total. The van der Waals surface area contributed by atoms with Crippen molar-refractivity contribution in [2.45, 2.75) is 39.0 Å². The summed E-state index contributed by atoms with van der Waals surface area (Å²) < 4.78 is 28.3. The van der Waals surface area contributed by atoms with Crippen LogP contribution in [-0.2, 0) is 9.05 Å². The Bertz CT molecular complexity index is 521. The lowest BCUT2D eigenvalue weighted by Crippen LogP contribution is -2.04. The number of hydrogen-bond acceptors (Lipinski definition) is 3. The molecule has 0 spiro atoms. The van der Waals surface area contributed by atoms with Crippen molar-refractivity contribution < 1.29 is 13.2 Å². The molecule has 0 unspecified atom stereocenters. The average molecular weight is 291 g/mol. The Hall–Kier alpha value is -0.740. The van der Waals surface area contributed by atoms with E-state index in [2.05, 4.69) is 13.8 Å². The van der Waals surface area contributed by atoms with Gasteiger partial charge in [-0.05, 0) is 49.4 Å². The number of hydrogen-bond donors (Lipinski definition) is 0. The van der Waals surface area contributed by atoms with Gasteiger partial charge in [-0.1, -0.05) is 13.8 Å². The number of benzene rings is 1. The van der Waals surface area contributed by atoms with E-state index in [0.29, 0.717) is 18.1 Å². The van der Waals surface area contributed by atoms with E-state index in [1.807, 2.05) is 6.92 Å². The lowest BCUT2D eigenvalue weighted by atomic mass is 10.1. The molecule has 5 heteroatoms. The largest absolute Gasteiger partial charge is 0.493 e. The molecule has 0 saturated carbocycles. The van der Waals surface area contributed by atoms with E-state index in [1.165, 1.54) is 0 Å². The van der Waals surface area contributed by atoms with Crippen LogP contribution in [0.1, 0.15) is 31.4 Å². The van der Waals surface area contributed by atoms with E-state index in [1.54, 1.807) is 19.1 Å². The summed E-state index contributed by atoms with van der Waals surface area (Å²) in [5.41, 5.74) is 1.39. The van der Waals surface area contributed by atoms with Crippen LogP contribution in [0, 0.1) is 19.8 Å². The molecule has 0 heterocycles. The van der Waals surface area contributed by atoms with Crippen molar-refractivity contribution >= 4 is 19.7 Å². The van der Waals surface area contributed by atoms with Crippen LogP contribution >= 0.6 is 10.7 Å². The summed E-state index contributed by atoms with van der Waals surface area (Å²) >= 11 is 0. The van der Waals surface area contributed by atoms with E-state index in [4.69, 9.17) is 15.4 Å². The van der Waals surface area contributed by atoms with Gasteiger partial charge in [0.2, 0.25) is 0 Å². The first-order valence-electron chi connectivity index (χ1n) is 5.90. The Morgan fingerprint density at radius 2 is 1.83 bits per heavy atom. The van der Waals surface area contributed by atoms with Crippen molar-refractivity contribution in [1.82, 2.24) is 0 Å². The quantitative estimate of drug-likeness (QED) is 0.777. The van der Waals surface area contributed by atoms with Gasteiger partial charge in [0.1, 0.15) is 5.75 Å². The Morgan fingerprint density at radius 3 is 2.33 bits per heavy atom. The SMILES string of the molecule is Cc1cc(S(=O)(=O)Cl)c(C)cc1OCCC(C)C. The molecule has 1 rings (SSSR count). The van der Waals surface area contributed by atoms with Crippen molar-refractivity contribution in [3.05, 3.63) is 23.3 Å². The van der Waals surface area contributed by atoms with Gasteiger partial charge in [-0.3, -0.25) is 0 Å². The molecule has 1 aromatic rings. The van der Waals surface area contributed by atoms with Crippen molar-refractivity contribution in [3.8, 4) is 5.75 Å². The maximum Gasteiger partial charge on any atom is 0.261 e. The highest BCUT2D eigenvalue weighted by Crippen LogP contribution is 2.28. The number of rotatable bonds is 5. The first kappa shape index (κ1) is 15.3. The maximum absolute atomic E-state index is 11.3. The predicted octanol–water partition coefficient (Wildman–Crippen LogP) is 3.66. The Morgan fingerprint density at radius 1 is 1.22 bits per heavy atom. The summed E-state index contributed by atoms with van der Waals surface area (Å²) in [4.78, 5) is 0.151. The molecule has 0 aliphatic rings. The van der Waals surface area contributed by atoms with Crippen molar-refractivity contribution in [3.63, 3.8) is 0 Å². The first-order chi connectivity index (χ1) is 8.21. The highest BCUT2D eigenvalue weighted by atomic mass is 35.7. The van der Waals surface area contributed by atoms with Gasteiger partial charge in [-0.15, -0.1) is 0 Å². The summed E-state index contributed by atoms with van der Waals surface area (Å²) in [5.74, 6) is 1.30. The molecule has 0 bridgehead atoms. The Kier molecular flexibility index (Phi) is 5.05. The molecule has 0 aliphatic carbocycles. The fourth-order valence-electron chi connectivity index (χ4n) is 1.59. The minimum absolute atomic E-state index is 0.151. The fourth-order valence-corrected chi connectivity index (χ4v) is 2.85. The third-order valence-corrected chi connectivity index (χ3v) is 4.15. The van der Waals surface area contributed by atoms with Gasteiger partial charge in [-0.2, -0.15) is 0 Å². The summed E-state index contributed by atoms with van der Waals surface area (Å²) in [6, 6.07) is 3.29. The Balaban J connectivity index is 2.94. The van der Waals surface area contributed by atoms with Gasteiger partial charge >= 0.3 is 0 Å². The maximum atomic E-state index is 11.3. The van der Waals surface area contributed by atoms with E-state index < -0.39 is 9.05 Å². The minimum atomic E-state index is -3.69. The molecule has 0 amide bonds. The molecule has 0 fully saturated rings. The fraction of sp³-hybridized carbons (Fsp3) is 0.538. The smallest absolute Gasteiger partial charge is 0.261 e. The predicted molar refractivity (Wildman–Crippen MR) is 73.9 cm³/mol. The first-order valence-corrected chi connectivity index (χ1v) is 8.21. The van der Waals surface area contributed by atoms with Crippen LogP contribution in [0.4, 0.5) is 0 Å². The number of ether oxygens (including phenoxy) is 1. The van der Waals surface area contributed by atoms with E-state index in [9.17, 15) is 8.42 Å². The van der Waals surface area contributed by atoms with E-state index >= 15 is 0 Å². The second kappa shape index (κ2) is 5.93. The molecule has 1 aromatic carbocycles. The molecule has 0 atom stereocenters. The van der Waals surface area contributed by atoms with Crippen LogP contribution in [0.25, 0.3) is 0 Å². The second-order valence-electron chi connectivity index (χ2n) is 4.85.